The molecule has 0 aliphatic heterocycles. The van der Waals surface area contributed by atoms with Gasteiger partial charge in [-0.25, -0.2) is 0 Å². The maximum absolute atomic E-state index is 5.50. The maximum Gasteiger partial charge on any atom is 0.108 e. The summed E-state index contributed by atoms with van der Waals surface area (Å²) in [5.41, 5.74) is 2.69. The van der Waals surface area contributed by atoms with E-state index in [1.807, 2.05) is 6.26 Å². The normalized spacial score (nSPS) is 18.9. The predicted octanol–water partition coefficient (Wildman–Crippen LogP) is 3.45. The van der Waals surface area contributed by atoms with Crippen molar-refractivity contribution in [2.75, 3.05) is 0 Å². The lowest BCUT2D eigenvalue weighted by molar-refractivity contribution is 0.411. The highest BCUT2D eigenvalue weighted by Gasteiger charge is 2.21. The number of hydrogen-bond donors (Lipinski definition) is 1. The second-order valence-electron chi connectivity index (χ2n) is 4.61. The van der Waals surface area contributed by atoms with E-state index in [4.69, 9.17) is 4.42 Å². The Kier molecular flexibility index (Phi) is 2.97. The fraction of sp³-hybridized carbons (Fsp3) is 0.333. The molecular weight excluding hydrogens is 210 g/mol. The van der Waals surface area contributed by atoms with Crippen LogP contribution in [0.5, 0.6) is 0 Å². The average Bonchev–Trinajstić information content (AvgIpc) is 2.86. The van der Waals surface area contributed by atoms with Gasteiger partial charge in [0.1, 0.15) is 5.76 Å². The molecule has 1 heterocycles. The van der Waals surface area contributed by atoms with E-state index >= 15 is 0 Å². The van der Waals surface area contributed by atoms with E-state index in [1.54, 1.807) is 0 Å². The molecule has 0 spiro atoms. The summed E-state index contributed by atoms with van der Waals surface area (Å²) in [5.74, 6) is 1.17. The molecule has 0 saturated carbocycles. The van der Waals surface area contributed by atoms with Gasteiger partial charge < -0.3 is 9.73 Å². The molecule has 0 fully saturated rings. The number of furan rings is 1. The molecule has 1 unspecified atom stereocenters. The first kappa shape index (κ1) is 10.6. The van der Waals surface area contributed by atoms with Crippen LogP contribution in [0, 0.1) is 0 Å². The molecule has 2 aromatic rings. The highest BCUT2D eigenvalue weighted by atomic mass is 16.3. The SMILES string of the molecule is c1ccc(CNC2CCCc3occc32)cc1. The summed E-state index contributed by atoms with van der Waals surface area (Å²) in [7, 11) is 0. The number of fused-ring (bicyclic) bond motifs is 1. The topological polar surface area (TPSA) is 25.2 Å². The fourth-order valence-corrected chi connectivity index (χ4v) is 2.54. The number of hydrogen-bond acceptors (Lipinski definition) is 2. The van der Waals surface area contributed by atoms with Gasteiger partial charge in [-0.3, -0.25) is 0 Å². The van der Waals surface area contributed by atoms with Crippen molar-refractivity contribution in [3.63, 3.8) is 0 Å². The van der Waals surface area contributed by atoms with Crippen molar-refractivity contribution in [2.45, 2.75) is 31.8 Å². The van der Waals surface area contributed by atoms with Crippen molar-refractivity contribution in [1.29, 1.82) is 0 Å². The molecular formula is C15H17NO. The highest BCUT2D eigenvalue weighted by molar-refractivity contribution is 5.24. The molecule has 1 atom stereocenters. The van der Waals surface area contributed by atoms with Gasteiger partial charge in [-0.1, -0.05) is 30.3 Å². The summed E-state index contributed by atoms with van der Waals surface area (Å²) < 4.78 is 5.50. The Morgan fingerprint density at radius 3 is 2.94 bits per heavy atom. The number of aryl methyl sites for hydroxylation is 1. The minimum Gasteiger partial charge on any atom is -0.469 e. The molecule has 1 aliphatic carbocycles. The van der Waals surface area contributed by atoms with E-state index in [-0.39, 0.29) is 0 Å². The summed E-state index contributed by atoms with van der Waals surface area (Å²) in [6.07, 6.45) is 5.32. The Hall–Kier alpha value is -1.54. The molecule has 2 nitrogen and oxygen atoms in total. The minimum absolute atomic E-state index is 0.456. The van der Waals surface area contributed by atoms with Gasteiger partial charge in [-0.15, -0.1) is 0 Å². The first-order chi connectivity index (χ1) is 8.43. The highest BCUT2D eigenvalue weighted by Crippen LogP contribution is 2.30. The molecule has 1 aromatic heterocycles. The summed E-state index contributed by atoms with van der Waals surface area (Å²) in [6, 6.07) is 13.1. The summed E-state index contributed by atoms with van der Waals surface area (Å²) >= 11 is 0. The Morgan fingerprint density at radius 2 is 2.06 bits per heavy atom. The Labute approximate surface area is 102 Å². The van der Waals surface area contributed by atoms with E-state index in [1.165, 1.54) is 29.7 Å². The van der Waals surface area contributed by atoms with Crippen LogP contribution in [0.2, 0.25) is 0 Å². The van der Waals surface area contributed by atoms with Gasteiger partial charge in [0.25, 0.3) is 0 Å². The minimum atomic E-state index is 0.456. The quantitative estimate of drug-likeness (QED) is 0.868. The first-order valence-corrected chi connectivity index (χ1v) is 6.27. The van der Waals surface area contributed by atoms with Crippen molar-refractivity contribution in [2.24, 2.45) is 0 Å². The molecule has 1 aliphatic rings. The van der Waals surface area contributed by atoms with Crippen LogP contribution in [-0.4, -0.2) is 0 Å². The van der Waals surface area contributed by atoms with E-state index in [9.17, 15) is 0 Å². The molecule has 2 heteroatoms. The third-order valence-electron chi connectivity index (χ3n) is 3.45. The average molecular weight is 227 g/mol. The second-order valence-corrected chi connectivity index (χ2v) is 4.61. The zero-order valence-electron chi connectivity index (χ0n) is 9.86. The summed E-state index contributed by atoms with van der Waals surface area (Å²) in [6.45, 7) is 0.927. The molecule has 1 aromatic carbocycles. The van der Waals surface area contributed by atoms with Crippen molar-refractivity contribution in [1.82, 2.24) is 5.32 Å². The zero-order chi connectivity index (χ0) is 11.5. The van der Waals surface area contributed by atoms with Gasteiger partial charge in [-0.05, 0) is 24.5 Å². The van der Waals surface area contributed by atoms with Crippen molar-refractivity contribution in [3.8, 4) is 0 Å². The van der Waals surface area contributed by atoms with E-state index in [0.717, 1.165) is 13.0 Å². The van der Waals surface area contributed by atoms with Crippen LogP contribution in [0.15, 0.2) is 47.1 Å². The third-order valence-corrected chi connectivity index (χ3v) is 3.45. The fourth-order valence-electron chi connectivity index (χ4n) is 2.54. The molecule has 0 saturated heterocycles. The van der Waals surface area contributed by atoms with Gasteiger partial charge in [0.05, 0.1) is 6.26 Å². The zero-order valence-corrected chi connectivity index (χ0v) is 9.86. The van der Waals surface area contributed by atoms with E-state index < -0.39 is 0 Å². The lowest BCUT2D eigenvalue weighted by Crippen LogP contribution is -2.23. The lowest BCUT2D eigenvalue weighted by Gasteiger charge is -2.22. The van der Waals surface area contributed by atoms with Gasteiger partial charge in [0.2, 0.25) is 0 Å². The molecule has 3 rings (SSSR count). The van der Waals surface area contributed by atoms with Crippen molar-refractivity contribution >= 4 is 0 Å². The molecule has 17 heavy (non-hydrogen) atoms. The number of benzene rings is 1. The van der Waals surface area contributed by atoms with Crippen LogP contribution >= 0.6 is 0 Å². The molecule has 0 amide bonds. The van der Waals surface area contributed by atoms with Gasteiger partial charge in [0, 0.05) is 24.6 Å². The number of rotatable bonds is 3. The second kappa shape index (κ2) is 4.76. The predicted molar refractivity (Wildman–Crippen MR) is 67.7 cm³/mol. The third kappa shape index (κ3) is 2.27. The molecule has 88 valence electrons. The molecule has 0 bridgehead atoms. The molecule has 0 radical (unpaired) electrons. The Morgan fingerprint density at radius 1 is 1.18 bits per heavy atom. The molecule has 1 N–H and O–H groups in total. The van der Waals surface area contributed by atoms with Gasteiger partial charge >= 0.3 is 0 Å². The van der Waals surface area contributed by atoms with Crippen molar-refractivity contribution in [3.05, 3.63) is 59.5 Å². The van der Waals surface area contributed by atoms with Crippen LogP contribution in [0.4, 0.5) is 0 Å². The summed E-state index contributed by atoms with van der Waals surface area (Å²) in [5, 5.41) is 3.62. The van der Waals surface area contributed by atoms with Gasteiger partial charge in [0.15, 0.2) is 0 Å². The van der Waals surface area contributed by atoms with Crippen LogP contribution in [0.1, 0.15) is 35.8 Å². The summed E-state index contributed by atoms with van der Waals surface area (Å²) in [4.78, 5) is 0. The first-order valence-electron chi connectivity index (χ1n) is 6.27. The van der Waals surface area contributed by atoms with Gasteiger partial charge in [-0.2, -0.15) is 0 Å². The number of nitrogens with one attached hydrogen (secondary N) is 1. The monoisotopic (exact) mass is 227 g/mol. The Balaban J connectivity index is 1.68. The largest absolute Gasteiger partial charge is 0.469 e. The lowest BCUT2D eigenvalue weighted by atomic mass is 9.93. The van der Waals surface area contributed by atoms with Crippen LogP contribution < -0.4 is 5.32 Å². The van der Waals surface area contributed by atoms with Crippen molar-refractivity contribution < 1.29 is 4.42 Å². The van der Waals surface area contributed by atoms with Crippen LogP contribution in [0.3, 0.4) is 0 Å². The smallest absolute Gasteiger partial charge is 0.108 e. The van der Waals surface area contributed by atoms with E-state index in [0.29, 0.717) is 6.04 Å². The van der Waals surface area contributed by atoms with Crippen LogP contribution in [0.25, 0.3) is 0 Å². The maximum atomic E-state index is 5.50. The standard InChI is InChI=1S/C15H17NO/c1-2-5-12(6-3-1)11-16-14-7-4-8-15-13(14)9-10-17-15/h1-3,5-6,9-10,14,16H,4,7-8,11H2. The van der Waals surface area contributed by atoms with Crippen LogP contribution in [-0.2, 0) is 13.0 Å². The van der Waals surface area contributed by atoms with E-state index in [2.05, 4.69) is 41.7 Å². The Bertz CT molecular complexity index is 475.